The maximum absolute atomic E-state index is 12.8. The number of hydrogen-bond acceptors (Lipinski definition) is 4. The van der Waals surface area contributed by atoms with Gasteiger partial charge in [-0.25, -0.2) is 4.98 Å². The van der Waals surface area contributed by atoms with Gasteiger partial charge in [-0.05, 0) is 36.6 Å². The molecule has 0 saturated heterocycles. The van der Waals surface area contributed by atoms with E-state index in [4.69, 9.17) is 0 Å². The molecule has 1 N–H and O–H groups in total. The summed E-state index contributed by atoms with van der Waals surface area (Å²) in [4.78, 5) is 22.1. The molecule has 0 aliphatic heterocycles. The standard InChI is InChI=1S/C19H19N3OS/c1-3-16-18(24-13(2)21-16)19(23)22-17(14-7-5-4-6-8-14)15-9-11-20-12-10-15/h4-12,17H,3H2,1-2H3,(H,22,23)/t17-/m1/s1. The van der Waals surface area contributed by atoms with Gasteiger partial charge >= 0.3 is 0 Å². The fourth-order valence-electron chi connectivity index (χ4n) is 2.64. The topological polar surface area (TPSA) is 54.9 Å². The van der Waals surface area contributed by atoms with Crippen molar-refractivity contribution in [2.24, 2.45) is 0 Å². The highest BCUT2D eigenvalue weighted by atomic mass is 32.1. The van der Waals surface area contributed by atoms with Crippen LogP contribution in [-0.4, -0.2) is 15.9 Å². The number of rotatable bonds is 5. The SMILES string of the molecule is CCc1nc(C)sc1C(=O)N[C@H](c1ccccc1)c1ccncc1. The largest absolute Gasteiger partial charge is 0.340 e. The lowest BCUT2D eigenvalue weighted by Crippen LogP contribution is -2.29. The zero-order chi connectivity index (χ0) is 16.9. The van der Waals surface area contributed by atoms with Crippen molar-refractivity contribution < 1.29 is 4.79 Å². The highest BCUT2D eigenvalue weighted by Gasteiger charge is 2.21. The minimum absolute atomic E-state index is 0.0804. The second kappa shape index (κ2) is 7.36. The first kappa shape index (κ1) is 16.3. The van der Waals surface area contributed by atoms with Crippen LogP contribution in [0.15, 0.2) is 54.9 Å². The zero-order valence-corrected chi connectivity index (χ0v) is 14.5. The molecule has 0 fully saturated rings. The lowest BCUT2D eigenvalue weighted by Gasteiger charge is -2.19. The van der Waals surface area contributed by atoms with E-state index < -0.39 is 0 Å². The number of carbonyl (C=O) groups is 1. The van der Waals surface area contributed by atoms with E-state index in [0.29, 0.717) is 4.88 Å². The van der Waals surface area contributed by atoms with Crippen LogP contribution in [0.5, 0.6) is 0 Å². The second-order valence-corrected chi connectivity index (χ2v) is 6.66. The molecule has 0 unspecified atom stereocenters. The summed E-state index contributed by atoms with van der Waals surface area (Å²) in [6.07, 6.45) is 4.23. The van der Waals surface area contributed by atoms with Crippen LogP contribution in [0.25, 0.3) is 0 Å². The average molecular weight is 337 g/mol. The van der Waals surface area contributed by atoms with E-state index in [2.05, 4.69) is 15.3 Å². The van der Waals surface area contributed by atoms with Crippen LogP contribution in [0.1, 0.15) is 44.5 Å². The fourth-order valence-corrected chi connectivity index (χ4v) is 3.56. The second-order valence-electron chi connectivity index (χ2n) is 5.46. The third-order valence-electron chi connectivity index (χ3n) is 3.79. The molecule has 5 heteroatoms. The van der Waals surface area contributed by atoms with Crippen LogP contribution in [0.4, 0.5) is 0 Å². The van der Waals surface area contributed by atoms with Crippen LogP contribution in [0, 0.1) is 6.92 Å². The van der Waals surface area contributed by atoms with Crippen LogP contribution in [0.2, 0.25) is 0 Å². The van der Waals surface area contributed by atoms with E-state index in [0.717, 1.165) is 28.2 Å². The van der Waals surface area contributed by atoms with Crippen molar-refractivity contribution in [3.8, 4) is 0 Å². The Bertz CT molecular complexity index is 776. The van der Waals surface area contributed by atoms with Crippen molar-refractivity contribution in [1.29, 1.82) is 0 Å². The number of pyridine rings is 1. The van der Waals surface area contributed by atoms with Crippen LogP contribution < -0.4 is 5.32 Å². The van der Waals surface area contributed by atoms with Gasteiger partial charge in [0, 0.05) is 12.4 Å². The summed E-state index contributed by atoms with van der Waals surface area (Å²) in [6, 6.07) is 13.6. The summed E-state index contributed by atoms with van der Waals surface area (Å²) in [5.74, 6) is -0.0804. The van der Waals surface area contributed by atoms with Crippen LogP contribution >= 0.6 is 11.3 Å². The third-order valence-corrected chi connectivity index (χ3v) is 4.81. The monoisotopic (exact) mass is 337 g/mol. The summed E-state index contributed by atoms with van der Waals surface area (Å²) >= 11 is 1.44. The molecule has 0 aliphatic carbocycles. The summed E-state index contributed by atoms with van der Waals surface area (Å²) in [5, 5.41) is 4.07. The molecule has 3 aromatic rings. The smallest absolute Gasteiger partial charge is 0.264 e. The Morgan fingerprint density at radius 3 is 2.46 bits per heavy atom. The van der Waals surface area contributed by atoms with Crippen molar-refractivity contribution in [2.75, 3.05) is 0 Å². The molecule has 2 aromatic heterocycles. The minimum Gasteiger partial charge on any atom is -0.340 e. The molecule has 0 bridgehead atoms. The van der Waals surface area contributed by atoms with Crippen molar-refractivity contribution >= 4 is 17.2 Å². The number of carbonyl (C=O) groups excluding carboxylic acids is 1. The Labute approximate surface area is 145 Å². The molecule has 2 heterocycles. The summed E-state index contributed by atoms with van der Waals surface area (Å²) in [7, 11) is 0. The normalized spacial score (nSPS) is 11.9. The van der Waals surface area contributed by atoms with Crippen molar-refractivity contribution in [3.63, 3.8) is 0 Å². The summed E-state index contributed by atoms with van der Waals surface area (Å²) in [6.45, 7) is 3.95. The van der Waals surface area contributed by atoms with Crippen molar-refractivity contribution in [3.05, 3.63) is 81.6 Å². The zero-order valence-electron chi connectivity index (χ0n) is 13.7. The number of nitrogens with one attached hydrogen (secondary N) is 1. The van der Waals surface area contributed by atoms with Gasteiger partial charge < -0.3 is 5.32 Å². The molecule has 3 rings (SSSR count). The quantitative estimate of drug-likeness (QED) is 0.767. The Morgan fingerprint density at radius 1 is 1.12 bits per heavy atom. The van der Waals surface area contributed by atoms with Gasteiger partial charge in [-0.1, -0.05) is 37.3 Å². The van der Waals surface area contributed by atoms with Crippen molar-refractivity contribution in [2.45, 2.75) is 26.3 Å². The Kier molecular flexibility index (Phi) is 5.01. The Morgan fingerprint density at radius 2 is 1.79 bits per heavy atom. The van der Waals surface area contributed by atoms with Crippen LogP contribution in [-0.2, 0) is 6.42 Å². The molecule has 0 radical (unpaired) electrons. The Hall–Kier alpha value is -2.53. The highest BCUT2D eigenvalue weighted by molar-refractivity contribution is 7.13. The van der Waals surface area contributed by atoms with E-state index in [-0.39, 0.29) is 11.9 Å². The number of hydrogen-bond donors (Lipinski definition) is 1. The summed E-state index contributed by atoms with van der Waals surface area (Å²) in [5.41, 5.74) is 2.90. The lowest BCUT2D eigenvalue weighted by atomic mass is 9.99. The maximum atomic E-state index is 12.8. The predicted molar refractivity (Wildman–Crippen MR) is 96.2 cm³/mol. The van der Waals surface area contributed by atoms with Gasteiger partial charge in [0.15, 0.2) is 0 Å². The van der Waals surface area contributed by atoms with E-state index in [1.165, 1.54) is 11.3 Å². The van der Waals surface area contributed by atoms with E-state index >= 15 is 0 Å². The first-order valence-corrected chi connectivity index (χ1v) is 8.72. The number of thiazole rings is 1. The van der Waals surface area contributed by atoms with Gasteiger partial charge in [0.05, 0.1) is 16.7 Å². The average Bonchev–Trinajstić information content (AvgIpc) is 3.02. The van der Waals surface area contributed by atoms with E-state index in [1.807, 2.05) is 56.3 Å². The molecule has 1 aromatic carbocycles. The summed E-state index contributed by atoms with van der Waals surface area (Å²) < 4.78 is 0. The molecule has 1 atom stereocenters. The number of aryl methyl sites for hydroxylation is 2. The number of amides is 1. The van der Waals surface area contributed by atoms with E-state index in [1.54, 1.807) is 12.4 Å². The molecule has 0 spiro atoms. The third kappa shape index (κ3) is 3.51. The molecular formula is C19H19N3OS. The van der Waals surface area contributed by atoms with Gasteiger partial charge in [-0.3, -0.25) is 9.78 Å². The molecule has 0 aliphatic rings. The lowest BCUT2D eigenvalue weighted by molar-refractivity contribution is 0.0946. The molecule has 4 nitrogen and oxygen atoms in total. The first-order chi connectivity index (χ1) is 11.7. The number of nitrogens with zero attached hydrogens (tertiary/aromatic N) is 2. The molecule has 122 valence electrons. The number of benzene rings is 1. The highest BCUT2D eigenvalue weighted by Crippen LogP contribution is 2.24. The predicted octanol–water partition coefficient (Wildman–Crippen LogP) is 3.93. The van der Waals surface area contributed by atoms with Gasteiger partial charge in [-0.15, -0.1) is 11.3 Å². The van der Waals surface area contributed by atoms with Gasteiger partial charge in [0.25, 0.3) is 5.91 Å². The van der Waals surface area contributed by atoms with Crippen LogP contribution in [0.3, 0.4) is 0 Å². The fraction of sp³-hybridized carbons (Fsp3) is 0.211. The maximum Gasteiger partial charge on any atom is 0.264 e. The van der Waals surface area contributed by atoms with Gasteiger partial charge in [0.2, 0.25) is 0 Å². The molecule has 1 amide bonds. The molecular weight excluding hydrogens is 318 g/mol. The molecule has 24 heavy (non-hydrogen) atoms. The minimum atomic E-state index is -0.214. The van der Waals surface area contributed by atoms with E-state index in [9.17, 15) is 4.79 Å². The number of aromatic nitrogens is 2. The van der Waals surface area contributed by atoms with Gasteiger partial charge in [-0.2, -0.15) is 0 Å². The van der Waals surface area contributed by atoms with Crippen molar-refractivity contribution in [1.82, 2.24) is 15.3 Å². The van der Waals surface area contributed by atoms with Gasteiger partial charge in [0.1, 0.15) is 4.88 Å². The Balaban J connectivity index is 1.94. The molecule has 0 saturated carbocycles. The first-order valence-electron chi connectivity index (χ1n) is 7.91.